The maximum absolute atomic E-state index is 13.2. The summed E-state index contributed by atoms with van der Waals surface area (Å²) in [6.45, 7) is 3.10. The molecule has 0 aromatic heterocycles. The summed E-state index contributed by atoms with van der Waals surface area (Å²) >= 11 is 5.37. The lowest BCUT2D eigenvalue weighted by atomic mass is 10.2. The van der Waals surface area contributed by atoms with Crippen molar-refractivity contribution in [3.63, 3.8) is 0 Å². The number of hydrogen-bond acceptors (Lipinski definition) is 2. The number of ether oxygens (including phenoxy) is 1. The maximum atomic E-state index is 13.2. The molecule has 1 aromatic carbocycles. The monoisotopic (exact) mass is 232 g/mol. The SMILES string of the molecule is C=C(Cl)COc1c(F)cc(C=O)cc1F. The lowest BCUT2D eigenvalue weighted by molar-refractivity contribution is 0.112. The average Bonchev–Trinajstić information content (AvgIpc) is 2.15. The second-order valence-electron chi connectivity index (χ2n) is 2.74. The third-order valence-corrected chi connectivity index (χ3v) is 1.64. The molecule has 0 radical (unpaired) electrons. The van der Waals surface area contributed by atoms with Gasteiger partial charge in [0, 0.05) is 10.6 Å². The predicted octanol–water partition coefficient (Wildman–Crippen LogP) is 2.91. The molecule has 0 atom stereocenters. The number of aldehydes is 1. The smallest absolute Gasteiger partial charge is 0.191 e. The Hall–Kier alpha value is -1.42. The van der Waals surface area contributed by atoms with Gasteiger partial charge in [-0.2, -0.15) is 0 Å². The molecule has 0 saturated carbocycles. The van der Waals surface area contributed by atoms with Gasteiger partial charge in [-0.05, 0) is 12.1 Å². The van der Waals surface area contributed by atoms with E-state index in [4.69, 9.17) is 16.3 Å². The Kier molecular flexibility index (Phi) is 3.80. The van der Waals surface area contributed by atoms with E-state index in [9.17, 15) is 13.6 Å². The Morgan fingerprint density at radius 1 is 1.47 bits per heavy atom. The predicted molar refractivity (Wildman–Crippen MR) is 52.2 cm³/mol. The van der Waals surface area contributed by atoms with Crippen LogP contribution in [0.5, 0.6) is 5.75 Å². The van der Waals surface area contributed by atoms with E-state index in [-0.39, 0.29) is 17.2 Å². The van der Waals surface area contributed by atoms with Crippen LogP contribution in [0.1, 0.15) is 10.4 Å². The number of carbonyl (C=O) groups is 1. The first-order valence-electron chi connectivity index (χ1n) is 3.95. The van der Waals surface area contributed by atoms with Gasteiger partial charge < -0.3 is 4.74 Å². The molecule has 0 spiro atoms. The first kappa shape index (κ1) is 11.7. The fraction of sp³-hybridized carbons (Fsp3) is 0.100. The molecule has 1 rings (SSSR count). The molecular formula is C10H7ClF2O2. The van der Waals surface area contributed by atoms with Crippen LogP contribution in [0.25, 0.3) is 0 Å². The van der Waals surface area contributed by atoms with E-state index in [1.807, 2.05) is 0 Å². The Morgan fingerprint density at radius 3 is 2.40 bits per heavy atom. The van der Waals surface area contributed by atoms with Crippen LogP contribution in [0.3, 0.4) is 0 Å². The summed E-state index contributed by atoms with van der Waals surface area (Å²) in [4.78, 5) is 10.3. The fourth-order valence-electron chi connectivity index (χ4n) is 0.936. The number of carbonyl (C=O) groups excluding carboxylic acids is 1. The molecule has 0 aliphatic carbocycles. The molecular weight excluding hydrogens is 226 g/mol. The molecule has 0 saturated heterocycles. The van der Waals surface area contributed by atoms with E-state index < -0.39 is 17.4 Å². The second-order valence-corrected chi connectivity index (χ2v) is 3.27. The van der Waals surface area contributed by atoms with E-state index in [2.05, 4.69) is 6.58 Å². The quantitative estimate of drug-likeness (QED) is 0.746. The summed E-state index contributed by atoms with van der Waals surface area (Å²) < 4.78 is 31.0. The molecule has 0 fully saturated rings. The van der Waals surface area contributed by atoms with Crippen LogP contribution in [0.15, 0.2) is 23.7 Å². The van der Waals surface area contributed by atoms with Crippen LogP contribution in [-0.2, 0) is 0 Å². The molecule has 0 aliphatic rings. The van der Waals surface area contributed by atoms with Crippen LogP contribution >= 0.6 is 11.6 Å². The number of rotatable bonds is 4. The molecule has 5 heteroatoms. The summed E-state index contributed by atoms with van der Waals surface area (Å²) in [6, 6.07) is 1.75. The summed E-state index contributed by atoms with van der Waals surface area (Å²) in [5, 5.41) is 0.119. The van der Waals surface area contributed by atoms with Crippen LogP contribution in [-0.4, -0.2) is 12.9 Å². The van der Waals surface area contributed by atoms with E-state index in [0.29, 0.717) is 6.29 Å². The highest BCUT2D eigenvalue weighted by Crippen LogP contribution is 2.23. The average molecular weight is 233 g/mol. The Balaban J connectivity index is 2.97. The van der Waals surface area contributed by atoms with E-state index in [0.717, 1.165) is 12.1 Å². The second kappa shape index (κ2) is 4.89. The zero-order chi connectivity index (χ0) is 11.4. The van der Waals surface area contributed by atoms with Crippen molar-refractivity contribution in [3.05, 3.63) is 40.9 Å². The third-order valence-electron chi connectivity index (χ3n) is 1.53. The van der Waals surface area contributed by atoms with Crippen molar-refractivity contribution >= 4 is 17.9 Å². The minimum absolute atomic E-state index is 0.0953. The molecule has 0 amide bonds. The zero-order valence-corrected chi connectivity index (χ0v) is 8.35. The van der Waals surface area contributed by atoms with Gasteiger partial charge >= 0.3 is 0 Å². The van der Waals surface area contributed by atoms with Crippen LogP contribution in [0.4, 0.5) is 8.78 Å². The van der Waals surface area contributed by atoms with Crippen molar-refractivity contribution in [2.75, 3.05) is 6.61 Å². The molecule has 2 nitrogen and oxygen atoms in total. The topological polar surface area (TPSA) is 26.3 Å². The first-order chi connectivity index (χ1) is 7.04. The van der Waals surface area contributed by atoms with Gasteiger partial charge in [-0.25, -0.2) is 8.78 Å². The number of halogens is 3. The van der Waals surface area contributed by atoms with Gasteiger partial charge in [-0.15, -0.1) is 0 Å². The molecule has 0 heterocycles. The van der Waals surface area contributed by atoms with Crippen molar-refractivity contribution in [2.45, 2.75) is 0 Å². The molecule has 0 bridgehead atoms. The van der Waals surface area contributed by atoms with Crippen molar-refractivity contribution in [3.8, 4) is 5.75 Å². The van der Waals surface area contributed by atoms with E-state index in [1.165, 1.54) is 0 Å². The Bertz CT molecular complexity index is 381. The van der Waals surface area contributed by atoms with Gasteiger partial charge in [0.2, 0.25) is 0 Å². The van der Waals surface area contributed by atoms with Crippen LogP contribution in [0.2, 0.25) is 0 Å². The summed E-state index contributed by atoms with van der Waals surface area (Å²) in [6.07, 6.45) is 0.344. The van der Waals surface area contributed by atoms with Crippen molar-refractivity contribution in [1.82, 2.24) is 0 Å². The lowest BCUT2D eigenvalue weighted by Crippen LogP contribution is -2.02. The summed E-state index contributed by atoms with van der Waals surface area (Å²) in [5.41, 5.74) is -0.0953. The van der Waals surface area contributed by atoms with Crippen molar-refractivity contribution < 1.29 is 18.3 Å². The normalized spacial score (nSPS) is 9.80. The summed E-state index contributed by atoms with van der Waals surface area (Å²) in [7, 11) is 0. The highest BCUT2D eigenvalue weighted by molar-refractivity contribution is 6.29. The van der Waals surface area contributed by atoms with E-state index >= 15 is 0 Å². The van der Waals surface area contributed by atoms with Crippen molar-refractivity contribution in [2.24, 2.45) is 0 Å². The fourth-order valence-corrected chi connectivity index (χ4v) is 0.990. The largest absolute Gasteiger partial charge is 0.482 e. The molecule has 15 heavy (non-hydrogen) atoms. The first-order valence-corrected chi connectivity index (χ1v) is 4.32. The molecule has 0 N–H and O–H groups in total. The Morgan fingerprint density at radius 2 is 2.00 bits per heavy atom. The third kappa shape index (κ3) is 3.02. The Labute approximate surface area is 90.1 Å². The molecule has 80 valence electrons. The van der Waals surface area contributed by atoms with Gasteiger partial charge in [0.1, 0.15) is 12.9 Å². The minimum atomic E-state index is -0.949. The number of benzene rings is 1. The van der Waals surface area contributed by atoms with Gasteiger partial charge in [-0.3, -0.25) is 4.79 Å². The molecule has 1 aromatic rings. The molecule has 0 aliphatic heterocycles. The zero-order valence-electron chi connectivity index (χ0n) is 7.60. The van der Waals surface area contributed by atoms with Crippen molar-refractivity contribution in [1.29, 1.82) is 0 Å². The van der Waals surface area contributed by atoms with Gasteiger partial charge in [0.15, 0.2) is 17.4 Å². The van der Waals surface area contributed by atoms with Gasteiger partial charge in [0.25, 0.3) is 0 Å². The van der Waals surface area contributed by atoms with Gasteiger partial charge in [0.05, 0.1) is 0 Å². The van der Waals surface area contributed by atoms with Gasteiger partial charge in [-0.1, -0.05) is 18.2 Å². The standard InChI is InChI=1S/C10H7ClF2O2/c1-6(11)5-15-10-8(12)2-7(4-14)3-9(10)13/h2-4H,1,5H2. The lowest BCUT2D eigenvalue weighted by Gasteiger charge is -2.07. The summed E-state index contributed by atoms with van der Waals surface area (Å²) in [5.74, 6) is -2.47. The minimum Gasteiger partial charge on any atom is -0.482 e. The molecule has 0 unspecified atom stereocenters. The number of hydrogen-bond donors (Lipinski definition) is 0. The van der Waals surface area contributed by atoms with Crippen LogP contribution in [0, 0.1) is 11.6 Å². The highest BCUT2D eigenvalue weighted by Gasteiger charge is 2.12. The maximum Gasteiger partial charge on any atom is 0.191 e. The highest BCUT2D eigenvalue weighted by atomic mass is 35.5. The van der Waals surface area contributed by atoms with Crippen LogP contribution < -0.4 is 4.74 Å². The van der Waals surface area contributed by atoms with E-state index in [1.54, 1.807) is 0 Å².